The van der Waals surface area contributed by atoms with E-state index in [1.807, 2.05) is 12.1 Å². The summed E-state index contributed by atoms with van der Waals surface area (Å²) in [4.78, 5) is 37.9. The molecule has 0 aliphatic carbocycles. The molecule has 6 nitrogen and oxygen atoms in total. The third kappa shape index (κ3) is 3.62. The molecule has 1 aliphatic rings. The Morgan fingerprint density at radius 1 is 1.04 bits per heavy atom. The number of ether oxygens (including phenoxy) is 2. The van der Waals surface area contributed by atoms with E-state index in [-0.39, 0.29) is 13.2 Å². The largest absolute Gasteiger partial charge is 0.490 e. The van der Waals surface area contributed by atoms with Crippen molar-refractivity contribution in [3.63, 3.8) is 0 Å². The van der Waals surface area contributed by atoms with Gasteiger partial charge in [-0.05, 0) is 37.3 Å². The fourth-order valence-corrected chi connectivity index (χ4v) is 3.02. The number of esters is 1. The van der Waals surface area contributed by atoms with Gasteiger partial charge in [-0.1, -0.05) is 34.1 Å². The molecule has 1 heterocycles. The number of rotatable bonds is 6. The summed E-state index contributed by atoms with van der Waals surface area (Å²) in [6, 6.07) is 12.8. The topological polar surface area (TPSA) is 72.9 Å². The molecular weight excluding hydrogens is 402 g/mol. The zero-order chi connectivity index (χ0) is 18.7. The van der Waals surface area contributed by atoms with E-state index in [0.717, 1.165) is 9.37 Å². The highest BCUT2D eigenvalue weighted by atomic mass is 79.9. The Morgan fingerprint density at radius 2 is 1.69 bits per heavy atom. The molecule has 2 aromatic rings. The van der Waals surface area contributed by atoms with Crippen LogP contribution in [0.1, 0.15) is 27.6 Å². The minimum Gasteiger partial charge on any atom is -0.490 e. The van der Waals surface area contributed by atoms with Crippen molar-refractivity contribution in [1.29, 1.82) is 0 Å². The van der Waals surface area contributed by atoms with Crippen LogP contribution in [0.15, 0.2) is 53.0 Å². The normalized spacial score (nSPS) is 14.2. The van der Waals surface area contributed by atoms with Gasteiger partial charge in [-0.15, -0.1) is 0 Å². The number of hydrogen-bond acceptors (Lipinski definition) is 5. The number of benzene rings is 2. The molecular formula is C19H16BrNO5. The molecule has 1 aliphatic heterocycles. The van der Waals surface area contributed by atoms with Crippen LogP contribution >= 0.6 is 15.9 Å². The molecule has 0 fully saturated rings. The number of hydrogen-bond donors (Lipinski definition) is 0. The SMILES string of the molecule is CC(C(=O)OCCOc1cccc(Br)c1)N1C(=O)c2ccccc2C1=O. The fraction of sp³-hybridized carbons (Fsp3) is 0.211. The van der Waals surface area contributed by atoms with Gasteiger partial charge in [0.1, 0.15) is 25.0 Å². The first-order chi connectivity index (χ1) is 12.5. The highest BCUT2D eigenvalue weighted by Crippen LogP contribution is 2.24. The summed E-state index contributed by atoms with van der Waals surface area (Å²) < 4.78 is 11.5. The van der Waals surface area contributed by atoms with Crippen molar-refractivity contribution in [2.45, 2.75) is 13.0 Å². The highest BCUT2D eigenvalue weighted by molar-refractivity contribution is 9.10. The smallest absolute Gasteiger partial charge is 0.329 e. The molecule has 0 saturated carbocycles. The van der Waals surface area contributed by atoms with Crippen molar-refractivity contribution < 1.29 is 23.9 Å². The molecule has 0 spiro atoms. The van der Waals surface area contributed by atoms with Gasteiger partial charge in [0.15, 0.2) is 0 Å². The first-order valence-electron chi connectivity index (χ1n) is 8.01. The van der Waals surface area contributed by atoms with Crippen LogP contribution in [0.5, 0.6) is 5.75 Å². The van der Waals surface area contributed by atoms with Crippen LogP contribution in [0.3, 0.4) is 0 Å². The van der Waals surface area contributed by atoms with Crippen LogP contribution in [0.4, 0.5) is 0 Å². The standard InChI is InChI=1S/C19H16BrNO5/c1-12(21-17(22)15-7-2-3-8-16(15)18(21)23)19(24)26-10-9-25-14-6-4-5-13(20)11-14/h2-8,11-12H,9-10H2,1H3. The van der Waals surface area contributed by atoms with Gasteiger partial charge in [0.2, 0.25) is 0 Å². The molecule has 0 saturated heterocycles. The summed E-state index contributed by atoms with van der Waals surface area (Å²) in [6.45, 7) is 1.65. The van der Waals surface area contributed by atoms with E-state index < -0.39 is 23.8 Å². The van der Waals surface area contributed by atoms with Gasteiger partial charge in [-0.3, -0.25) is 14.5 Å². The van der Waals surface area contributed by atoms with Crippen LogP contribution < -0.4 is 4.74 Å². The number of carbonyl (C=O) groups excluding carboxylic acids is 3. The van der Waals surface area contributed by atoms with Crippen LogP contribution in [-0.2, 0) is 9.53 Å². The third-order valence-electron chi connectivity index (χ3n) is 3.95. The highest BCUT2D eigenvalue weighted by Gasteiger charge is 2.41. The Labute approximate surface area is 158 Å². The zero-order valence-electron chi connectivity index (χ0n) is 14.0. The van der Waals surface area contributed by atoms with Crippen molar-refractivity contribution in [1.82, 2.24) is 4.90 Å². The van der Waals surface area contributed by atoms with Gasteiger partial charge < -0.3 is 9.47 Å². The second-order valence-corrected chi connectivity index (χ2v) is 6.59. The van der Waals surface area contributed by atoms with E-state index in [1.165, 1.54) is 6.92 Å². The number of fused-ring (bicyclic) bond motifs is 1. The molecule has 0 bridgehead atoms. The van der Waals surface area contributed by atoms with Crippen LogP contribution in [-0.4, -0.2) is 41.9 Å². The number of amides is 2. The Hall–Kier alpha value is -2.67. The van der Waals surface area contributed by atoms with Gasteiger partial charge >= 0.3 is 5.97 Å². The molecule has 1 atom stereocenters. The second-order valence-electron chi connectivity index (χ2n) is 5.68. The van der Waals surface area contributed by atoms with E-state index in [2.05, 4.69) is 15.9 Å². The fourth-order valence-electron chi connectivity index (χ4n) is 2.64. The molecule has 1 unspecified atom stereocenters. The maximum absolute atomic E-state index is 12.4. The minimum atomic E-state index is -1.01. The molecule has 134 valence electrons. The van der Waals surface area contributed by atoms with Gasteiger partial charge in [0.05, 0.1) is 11.1 Å². The van der Waals surface area contributed by atoms with E-state index in [0.29, 0.717) is 16.9 Å². The minimum absolute atomic E-state index is 0.0128. The number of halogens is 1. The van der Waals surface area contributed by atoms with E-state index >= 15 is 0 Å². The molecule has 2 amide bonds. The van der Waals surface area contributed by atoms with E-state index in [9.17, 15) is 14.4 Å². The zero-order valence-corrected chi connectivity index (χ0v) is 15.6. The van der Waals surface area contributed by atoms with E-state index in [1.54, 1.807) is 36.4 Å². The first-order valence-corrected chi connectivity index (χ1v) is 8.80. The predicted octanol–water partition coefficient (Wildman–Crippen LogP) is 3.06. The summed E-state index contributed by atoms with van der Waals surface area (Å²) >= 11 is 3.34. The average Bonchev–Trinajstić information content (AvgIpc) is 2.89. The Kier molecular flexibility index (Phi) is 5.37. The average molecular weight is 418 g/mol. The first kappa shape index (κ1) is 18.1. The maximum atomic E-state index is 12.4. The van der Waals surface area contributed by atoms with Crippen molar-refractivity contribution in [3.05, 3.63) is 64.1 Å². The lowest BCUT2D eigenvalue weighted by Crippen LogP contribution is -2.44. The summed E-state index contributed by atoms with van der Waals surface area (Å²) in [5, 5.41) is 0. The summed E-state index contributed by atoms with van der Waals surface area (Å²) in [7, 11) is 0. The monoisotopic (exact) mass is 417 g/mol. The van der Waals surface area contributed by atoms with Gasteiger partial charge in [0.25, 0.3) is 11.8 Å². The van der Waals surface area contributed by atoms with E-state index in [4.69, 9.17) is 9.47 Å². The molecule has 3 rings (SSSR count). The number of imide groups is 1. The second kappa shape index (κ2) is 7.70. The Morgan fingerprint density at radius 3 is 2.31 bits per heavy atom. The number of nitrogens with zero attached hydrogens (tertiary/aromatic N) is 1. The predicted molar refractivity (Wildman–Crippen MR) is 97.0 cm³/mol. The molecule has 7 heteroatoms. The molecule has 0 aromatic heterocycles. The van der Waals surface area contributed by atoms with Crippen LogP contribution in [0, 0.1) is 0 Å². The van der Waals surface area contributed by atoms with Crippen molar-refractivity contribution in [2.24, 2.45) is 0 Å². The molecule has 2 aromatic carbocycles. The van der Waals surface area contributed by atoms with Crippen molar-refractivity contribution in [3.8, 4) is 5.75 Å². The lowest BCUT2D eigenvalue weighted by Gasteiger charge is -2.20. The molecule has 0 N–H and O–H groups in total. The van der Waals surface area contributed by atoms with Gasteiger partial charge in [0, 0.05) is 4.47 Å². The number of carbonyl (C=O) groups is 3. The molecule has 26 heavy (non-hydrogen) atoms. The Balaban J connectivity index is 1.54. The third-order valence-corrected chi connectivity index (χ3v) is 4.44. The van der Waals surface area contributed by atoms with Gasteiger partial charge in [-0.2, -0.15) is 0 Å². The Bertz CT molecular complexity index is 832. The van der Waals surface area contributed by atoms with Crippen LogP contribution in [0.2, 0.25) is 0 Å². The van der Waals surface area contributed by atoms with Crippen molar-refractivity contribution in [2.75, 3.05) is 13.2 Å². The summed E-state index contributed by atoms with van der Waals surface area (Å²) in [6.07, 6.45) is 0. The maximum Gasteiger partial charge on any atom is 0.329 e. The summed E-state index contributed by atoms with van der Waals surface area (Å²) in [5.41, 5.74) is 0.602. The van der Waals surface area contributed by atoms with Gasteiger partial charge in [-0.25, -0.2) is 4.79 Å². The quantitative estimate of drug-likeness (QED) is 0.410. The summed E-state index contributed by atoms with van der Waals surface area (Å²) in [5.74, 6) is -0.984. The van der Waals surface area contributed by atoms with Crippen molar-refractivity contribution >= 4 is 33.7 Å². The lowest BCUT2D eigenvalue weighted by molar-refractivity contribution is -0.148. The lowest BCUT2D eigenvalue weighted by atomic mass is 10.1. The molecule has 0 radical (unpaired) electrons. The van der Waals surface area contributed by atoms with Crippen LogP contribution in [0.25, 0.3) is 0 Å².